The molecule has 0 spiro atoms. The highest BCUT2D eigenvalue weighted by atomic mass is 32.1. The Labute approximate surface area is 286 Å². The van der Waals surface area contributed by atoms with E-state index in [0.717, 1.165) is 16.7 Å². The van der Waals surface area contributed by atoms with Gasteiger partial charge in [-0.25, -0.2) is 15.0 Å². The number of aromatic nitrogens is 3. The van der Waals surface area contributed by atoms with Crippen LogP contribution >= 0.6 is 11.3 Å². The molecule has 10 rings (SSSR count). The van der Waals surface area contributed by atoms with Crippen molar-refractivity contribution < 1.29 is 0 Å². The number of hydrogen-bond acceptors (Lipinski definition) is 4. The van der Waals surface area contributed by atoms with Gasteiger partial charge in [0.2, 0.25) is 0 Å². The fourth-order valence-electron chi connectivity index (χ4n) is 7.21. The third-order valence-corrected chi connectivity index (χ3v) is 10.6. The summed E-state index contributed by atoms with van der Waals surface area (Å²) in [6.07, 6.45) is 0. The van der Waals surface area contributed by atoms with E-state index in [0.29, 0.717) is 17.5 Å². The summed E-state index contributed by atoms with van der Waals surface area (Å²) in [6.45, 7) is 0. The van der Waals surface area contributed by atoms with E-state index >= 15 is 0 Å². The van der Waals surface area contributed by atoms with Gasteiger partial charge in [0.05, 0.1) is 0 Å². The number of nitrogens with zero attached hydrogens (tertiary/aromatic N) is 3. The van der Waals surface area contributed by atoms with Crippen LogP contribution in [0.3, 0.4) is 0 Å². The number of benzene rings is 8. The molecule has 2 aromatic heterocycles. The molecule has 49 heavy (non-hydrogen) atoms. The van der Waals surface area contributed by atoms with Crippen molar-refractivity contribution in [3.05, 3.63) is 164 Å². The molecule has 228 valence electrons. The molecule has 0 aliphatic heterocycles. The average molecular weight is 642 g/mol. The number of fused-ring (bicyclic) bond motifs is 9. The lowest BCUT2D eigenvalue weighted by atomic mass is 9.92. The second kappa shape index (κ2) is 11.2. The highest BCUT2D eigenvalue weighted by Gasteiger charge is 2.18. The SMILES string of the molecule is c1ccc(-c2nc(-c3ccccc3)nc(-c3cccc4sc5ccc(-c6ccc7c8ccccc8c8ccccc8c7c6)cc5c34)n2)cc1. The van der Waals surface area contributed by atoms with Crippen molar-refractivity contribution in [3.63, 3.8) is 0 Å². The second-order valence-corrected chi connectivity index (χ2v) is 13.5. The highest BCUT2D eigenvalue weighted by Crippen LogP contribution is 2.42. The van der Waals surface area contributed by atoms with Gasteiger partial charge in [-0.05, 0) is 67.7 Å². The third kappa shape index (κ3) is 4.61. The van der Waals surface area contributed by atoms with Gasteiger partial charge in [0.1, 0.15) is 0 Å². The van der Waals surface area contributed by atoms with Gasteiger partial charge in [0.15, 0.2) is 17.5 Å². The molecule has 10 aromatic rings. The standard InChI is InChI=1S/C45H27N3S/c1-3-12-28(13-4-1)43-46-44(29-14-5-2-6-15-29)48-45(47-43)37-20-11-21-41-42(37)39-27-31(23-25-40(39)49-41)30-22-24-36-34-18-8-7-16-32(34)33-17-9-10-19-35(33)38(36)26-30/h1-27H. The molecule has 0 saturated heterocycles. The van der Waals surface area contributed by atoms with Gasteiger partial charge in [-0.2, -0.15) is 0 Å². The molecule has 0 aliphatic carbocycles. The first-order valence-corrected chi connectivity index (χ1v) is 17.3. The maximum Gasteiger partial charge on any atom is 0.164 e. The zero-order valence-electron chi connectivity index (χ0n) is 26.3. The molecule has 2 heterocycles. The van der Waals surface area contributed by atoms with Crippen LogP contribution in [0.2, 0.25) is 0 Å². The molecule has 0 amide bonds. The maximum absolute atomic E-state index is 5.09. The van der Waals surface area contributed by atoms with E-state index in [9.17, 15) is 0 Å². The minimum Gasteiger partial charge on any atom is -0.208 e. The molecule has 3 nitrogen and oxygen atoms in total. The predicted molar refractivity (Wildman–Crippen MR) is 207 cm³/mol. The van der Waals surface area contributed by atoms with Crippen LogP contribution in [-0.4, -0.2) is 15.0 Å². The first-order valence-electron chi connectivity index (χ1n) is 16.4. The Kier molecular flexibility index (Phi) is 6.36. The Morgan fingerprint density at radius 3 is 1.41 bits per heavy atom. The van der Waals surface area contributed by atoms with Crippen LogP contribution in [0.1, 0.15) is 0 Å². The molecular weight excluding hydrogens is 615 g/mol. The zero-order valence-corrected chi connectivity index (χ0v) is 27.2. The fraction of sp³-hybridized carbons (Fsp3) is 0. The monoisotopic (exact) mass is 641 g/mol. The quantitative estimate of drug-likeness (QED) is 0.180. The molecule has 0 bridgehead atoms. The lowest BCUT2D eigenvalue weighted by Crippen LogP contribution is -2.00. The van der Waals surface area contributed by atoms with Crippen LogP contribution in [0.25, 0.3) is 97.8 Å². The van der Waals surface area contributed by atoms with Crippen molar-refractivity contribution in [1.82, 2.24) is 15.0 Å². The molecule has 0 radical (unpaired) electrons. The van der Waals surface area contributed by atoms with Crippen molar-refractivity contribution in [1.29, 1.82) is 0 Å². The summed E-state index contributed by atoms with van der Waals surface area (Å²) >= 11 is 1.81. The summed E-state index contributed by atoms with van der Waals surface area (Å²) in [6, 6.07) is 58.1. The predicted octanol–water partition coefficient (Wildman–Crippen LogP) is 12.4. The van der Waals surface area contributed by atoms with Gasteiger partial charge in [-0.15, -0.1) is 11.3 Å². The van der Waals surface area contributed by atoms with Gasteiger partial charge in [-0.1, -0.05) is 140 Å². The minimum atomic E-state index is 0.664. The van der Waals surface area contributed by atoms with Crippen LogP contribution in [-0.2, 0) is 0 Å². The normalized spacial score (nSPS) is 11.7. The summed E-state index contributed by atoms with van der Waals surface area (Å²) in [5, 5.41) is 10.1. The average Bonchev–Trinajstić information content (AvgIpc) is 3.57. The van der Waals surface area contributed by atoms with E-state index in [4.69, 9.17) is 15.0 Å². The van der Waals surface area contributed by atoms with Crippen LogP contribution < -0.4 is 0 Å². The van der Waals surface area contributed by atoms with E-state index in [2.05, 4.69) is 127 Å². The molecule has 0 fully saturated rings. The lowest BCUT2D eigenvalue weighted by molar-refractivity contribution is 1.08. The molecule has 4 heteroatoms. The largest absolute Gasteiger partial charge is 0.208 e. The number of hydrogen-bond donors (Lipinski definition) is 0. The Morgan fingerprint density at radius 1 is 0.306 bits per heavy atom. The second-order valence-electron chi connectivity index (χ2n) is 12.4. The van der Waals surface area contributed by atoms with Crippen molar-refractivity contribution >= 4 is 63.8 Å². The van der Waals surface area contributed by atoms with E-state index < -0.39 is 0 Å². The van der Waals surface area contributed by atoms with Crippen LogP contribution in [0.15, 0.2) is 164 Å². The molecule has 0 N–H and O–H groups in total. The van der Waals surface area contributed by atoms with E-state index in [1.54, 1.807) is 0 Å². The lowest BCUT2D eigenvalue weighted by Gasteiger charge is -2.12. The van der Waals surface area contributed by atoms with Crippen molar-refractivity contribution in [2.45, 2.75) is 0 Å². The first-order chi connectivity index (χ1) is 24.3. The van der Waals surface area contributed by atoms with Gasteiger partial charge >= 0.3 is 0 Å². The van der Waals surface area contributed by atoms with E-state index in [1.807, 2.05) is 47.7 Å². The van der Waals surface area contributed by atoms with Gasteiger partial charge in [0, 0.05) is 36.9 Å². The van der Waals surface area contributed by atoms with Crippen LogP contribution in [0, 0.1) is 0 Å². The van der Waals surface area contributed by atoms with Crippen molar-refractivity contribution in [2.24, 2.45) is 0 Å². The Balaban J connectivity index is 1.19. The molecule has 8 aromatic carbocycles. The Morgan fingerprint density at radius 2 is 0.796 bits per heavy atom. The third-order valence-electron chi connectivity index (χ3n) is 9.51. The number of rotatable bonds is 4. The molecule has 0 aliphatic rings. The molecule has 0 unspecified atom stereocenters. The van der Waals surface area contributed by atoms with E-state index in [1.165, 1.54) is 63.6 Å². The van der Waals surface area contributed by atoms with E-state index in [-0.39, 0.29) is 0 Å². The fourth-order valence-corrected chi connectivity index (χ4v) is 8.32. The van der Waals surface area contributed by atoms with Gasteiger partial charge in [0.25, 0.3) is 0 Å². The number of thiophene rings is 1. The molecular formula is C45H27N3S. The summed E-state index contributed by atoms with van der Waals surface area (Å²) in [5.41, 5.74) is 5.32. The zero-order chi connectivity index (χ0) is 32.3. The topological polar surface area (TPSA) is 38.7 Å². The Bertz CT molecular complexity index is 2780. The molecule has 0 saturated carbocycles. The van der Waals surface area contributed by atoms with Crippen molar-refractivity contribution in [3.8, 4) is 45.3 Å². The Hall–Kier alpha value is -6.23. The van der Waals surface area contributed by atoms with Gasteiger partial charge in [-0.3, -0.25) is 0 Å². The smallest absolute Gasteiger partial charge is 0.164 e. The van der Waals surface area contributed by atoms with Gasteiger partial charge < -0.3 is 0 Å². The summed E-state index contributed by atoms with van der Waals surface area (Å²) in [5.74, 6) is 2.00. The van der Waals surface area contributed by atoms with Crippen molar-refractivity contribution in [2.75, 3.05) is 0 Å². The van der Waals surface area contributed by atoms with Crippen LogP contribution in [0.5, 0.6) is 0 Å². The molecule has 0 atom stereocenters. The summed E-state index contributed by atoms with van der Waals surface area (Å²) in [7, 11) is 0. The first kappa shape index (κ1) is 27.8. The summed E-state index contributed by atoms with van der Waals surface area (Å²) in [4.78, 5) is 15.1. The highest BCUT2D eigenvalue weighted by molar-refractivity contribution is 7.26. The minimum absolute atomic E-state index is 0.664. The maximum atomic E-state index is 5.09. The van der Waals surface area contributed by atoms with Crippen LogP contribution in [0.4, 0.5) is 0 Å². The summed E-state index contributed by atoms with van der Waals surface area (Å²) < 4.78 is 2.45.